The van der Waals surface area contributed by atoms with Crippen LogP contribution in [0.15, 0.2) is 48.5 Å². The van der Waals surface area contributed by atoms with E-state index in [-0.39, 0.29) is 0 Å². The van der Waals surface area contributed by atoms with E-state index >= 15 is 0 Å². The number of aromatic amines is 1. The molecule has 5 heteroatoms. The highest BCUT2D eigenvalue weighted by Gasteiger charge is 2.25. The quantitative estimate of drug-likeness (QED) is 0.527. The molecule has 134 valence electrons. The van der Waals surface area contributed by atoms with Crippen LogP contribution in [-0.4, -0.2) is 42.3 Å². The van der Waals surface area contributed by atoms with Crippen molar-refractivity contribution in [3.05, 3.63) is 54.2 Å². The summed E-state index contributed by atoms with van der Waals surface area (Å²) in [5.41, 5.74) is 5.03. The molecule has 2 aromatic carbocycles. The molecule has 1 N–H and O–H groups in total. The minimum Gasteiger partial charge on any atom is -0.456 e. The highest BCUT2D eigenvalue weighted by atomic mass is 16.5. The SMILES string of the molecule is CN(C)CCCOCc1n[nH]c2c1-c1ccccc1Oc1ccccc1-2. The minimum absolute atomic E-state index is 0.482. The standard InChI is InChI=1S/C21H23N3O2/c1-24(2)12-7-13-25-14-17-20-15-8-3-5-10-18(15)26-19-11-6-4-9-16(19)21(20)23-22-17/h3-6,8-11H,7,12-14H2,1-2H3,(H,22,23). The first kappa shape index (κ1) is 16.8. The number of benzene rings is 2. The molecule has 0 bridgehead atoms. The summed E-state index contributed by atoms with van der Waals surface area (Å²) in [5.74, 6) is 1.68. The maximum Gasteiger partial charge on any atom is 0.136 e. The molecule has 0 spiro atoms. The van der Waals surface area contributed by atoms with Gasteiger partial charge in [0.1, 0.15) is 11.5 Å². The zero-order valence-electron chi connectivity index (χ0n) is 15.2. The van der Waals surface area contributed by atoms with E-state index in [4.69, 9.17) is 9.47 Å². The molecule has 0 amide bonds. The van der Waals surface area contributed by atoms with Crippen LogP contribution in [0, 0.1) is 0 Å². The molecule has 5 nitrogen and oxygen atoms in total. The number of nitrogens with zero attached hydrogens (tertiary/aromatic N) is 2. The number of aromatic nitrogens is 2. The highest BCUT2D eigenvalue weighted by molar-refractivity contribution is 5.89. The maximum atomic E-state index is 6.17. The molecule has 1 aliphatic rings. The van der Waals surface area contributed by atoms with E-state index in [0.717, 1.165) is 52.5 Å². The lowest BCUT2D eigenvalue weighted by molar-refractivity contribution is 0.111. The summed E-state index contributed by atoms with van der Waals surface area (Å²) >= 11 is 0. The molecule has 2 heterocycles. The molecule has 0 radical (unpaired) electrons. The van der Waals surface area contributed by atoms with E-state index in [1.54, 1.807) is 0 Å². The van der Waals surface area contributed by atoms with Gasteiger partial charge in [-0.25, -0.2) is 0 Å². The van der Waals surface area contributed by atoms with E-state index in [9.17, 15) is 0 Å². The summed E-state index contributed by atoms with van der Waals surface area (Å²) in [6.07, 6.45) is 1.00. The van der Waals surface area contributed by atoms with Crippen molar-refractivity contribution in [1.82, 2.24) is 15.1 Å². The van der Waals surface area contributed by atoms with Crippen LogP contribution in [0.4, 0.5) is 0 Å². The molecule has 0 fully saturated rings. The second-order valence-electron chi connectivity index (χ2n) is 6.72. The summed E-state index contributed by atoms with van der Waals surface area (Å²) < 4.78 is 12.1. The van der Waals surface area contributed by atoms with Crippen LogP contribution >= 0.6 is 0 Å². The van der Waals surface area contributed by atoms with Gasteiger partial charge in [0.25, 0.3) is 0 Å². The molecule has 4 rings (SSSR count). The van der Waals surface area contributed by atoms with Crippen LogP contribution in [0.5, 0.6) is 11.5 Å². The van der Waals surface area contributed by atoms with Gasteiger partial charge in [0.15, 0.2) is 0 Å². The molecule has 1 aromatic heterocycles. The van der Waals surface area contributed by atoms with Crippen LogP contribution < -0.4 is 4.74 Å². The molecule has 0 saturated heterocycles. The number of nitrogens with one attached hydrogen (secondary N) is 1. The normalized spacial score (nSPS) is 12.1. The molecule has 1 aliphatic heterocycles. The van der Waals surface area contributed by atoms with Gasteiger partial charge in [-0.15, -0.1) is 0 Å². The van der Waals surface area contributed by atoms with E-state index in [2.05, 4.69) is 41.3 Å². The van der Waals surface area contributed by atoms with Gasteiger partial charge in [-0.2, -0.15) is 5.10 Å². The molecular formula is C21H23N3O2. The monoisotopic (exact) mass is 349 g/mol. The first-order valence-electron chi connectivity index (χ1n) is 8.90. The lowest BCUT2D eigenvalue weighted by Gasteiger charge is -2.10. The van der Waals surface area contributed by atoms with Gasteiger partial charge >= 0.3 is 0 Å². The fourth-order valence-corrected chi connectivity index (χ4v) is 3.26. The average Bonchev–Trinajstić information content (AvgIpc) is 2.99. The van der Waals surface area contributed by atoms with E-state index < -0.39 is 0 Å². The minimum atomic E-state index is 0.482. The summed E-state index contributed by atoms with van der Waals surface area (Å²) in [7, 11) is 4.14. The number of rotatable bonds is 6. The van der Waals surface area contributed by atoms with Crippen molar-refractivity contribution >= 4 is 0 Å². The molecule has 0 unspecified atom stereocenters. The van der Waals surface area contributed by atoms with Crippen molar-refractivity contribution in [2.24, 2.45) is 0 Å². The second kappa shape index (κ2) is 7.32. The smallest absolute Gasteiger partial charge is 0.136 e. The highest BCUT2D eigenvalue weighted by Crippen LogP contribution is 2.46. The zero-order chi connectivity index (χ0) is 17.9. The van der Waals surface area contributed by atoms with Gasteiger partial charge in [0, 0.05) is 23.3 Å². The van der Waals surface area contributed by atoms with Crippen LogP contribution in [0.2, 0.25) is 0 Å². The molecule has 3 aromatic rings. The largest absolute Gasteiger partial charge is 0.456 e. The van der Waals surface area contributed by atoms with Gasteiger partial charge in [-0.3, -0.25) is 5.10 Å². The molecule has 0 saturated carbocycles. The number of hydrogen-bond donors (Lipinski definition) is 1. The van der Waals surface area contributed by atoms with E-state index in [1.807, 2.05) is 36.4 Å². The Bertz CT molecular complexity index is 902. The first-order chi connectivity index (χ1) is 12.7. The summed E-state index contributed by atoms with van der Waals surface area (Å²) in [6.45, 7) is 2.22. The first-order valence-corrected chi connectivity index (χ1v) is 8.90. The maximum absolute atomic E-state index is 6.17. The number of hydrogen-bond acceptors (Lipinski definition) is 4. The predicted octanol–water partition coefficient (Wildman–Crippen LogP) is 4.32. The molecule has 0 aliphatic carbocycles. The molecular weight excluding hydrogens is 326 g/mol. The fourth-order valence-electron chi connectivity index (χ4n) is 3.26. The van der Waals surface area contributed by atoms with Crippen molar-refractivity contribution in [3.63, 3.8) is 0 Å². The Morgan fingerprint density at radius 2 is 1.69 bits per heavy atom. The Balaban J connectivity index is 1.67. The lowest BCUT2D eigenvalue weighted by Crippen LogP contribution is -2.14. The number of ether oxygens (including phenoxy) is 2. The molecule has 0 atom stereocenters. The van der Waals surface area contributed by atoms with Crippen molar-refractivity contribution in [2.45, 2.75) is 13.0 Å². The zero-order valence-corrected chi connectivity index (χ0v) is 15.2. The van der Waals surface area contributed by atoms with Crippen LogP contribution in [0.25, 0.3) is 22.4 Å². The Labute approximate surface area is 153 Å². The number of fused-ring (bicyclic) bond motifs is 5. The topological polar surface area (TPSA) is 50.4 Å². The van der Waals surface area contributed by atoms with Gasteiger partial charge in [0.05, 0.1) is 18.0 Å². The summed E-state index contributed by atoms with van der Waals surface area (Å²) in [6, 6.07) is 16.1. The molecule has 26 heavy (non-hydrogen) atoms. The summed E-state index contributed by atoms with van der Waals surface area (Å²) in [5, 5.41) is 7.76. The van der Waals surface area contributed by atoms with Gasteiger partial charge < -0.3 is 14.4 Å². The van der Waals surface area contributed by atoms with Crippen molar-refractivity contribution in [2.75, 3.05) is 27.2 Å². The summed E-state index contributed by atoms with van der Waals surface area (Å²) in [4.78, 5) is 2.16. The third kappa shape index (κ3) is 3.23. The lowest BCUT2D eigenvalue weighted by atomic mass is 9.99. The Hall–Kier alpha value is -2.63. The predicted molar refractivity (Wildman–Crippen MR) is 102 cm³/mol. The Morgan fingerprint density at radius 3 is 2.46 bits per heavy atom. The average molecular weight is 349 g/mol. The van der Waals surface area contributed by atoms with Crippen molar-refractivity contribution in [1.29, 1.82) is 0 Å². The third-order valence-corrected chi connectivity index (χ3v) is 4.51. The second-order valence-corrected chi connectivity index (χ2v) is 6.72. The third-order valence-electron chi connectivity index (χ3n) is 4.51. The van der Waals surface area contributed by atoms with Crippen LogP contribution in [0.1, 0.15) is 12.1 Å². The van der Waals surface area contributed by atoms with E-state index in [0.29, 0.717) is 13.2 Å². The fraction of sp³-hybridized carbons (Fsp3) is 0.286. The van der Waals surface area contributed by atoms with Gasteiger partial charge in [0.2, 0.25) is 0 Å². The van der Waals surface area contributed by atoms with Crippen molar-refractivity contribution in [3.8, 4) is 33.9 Å². The number of para-hydroxylation sites is 2. The van der Waals surface area contributed by atoms with Crippen LogP contribution in [0.3, 0.4) is 0 Å². The van der Waals surface area contributed by atoms with Gasteiger partial charge in [-0.1, -0.05) is 30.3 Å². The van der Waals surface area contributed by atoms with Gasteiger partial charge in [-0.05, 0) is 45.3 Å². The van der Waals surface area contributed by atoms with Crippen molar-refractivity contribution < 1.29 is 9.47 Å². The number of H-pyrrole nitrogens is 1. The van der Waals surface area contributed by atoms with Crippen LogP contribution in [-0.2, 0) is 11.3 Å². The Morgan fingerprint density at radius 1 is 1.00 bits per heavy atom. The van der Waals surface area contributed by atoms with E-state index in [1.165, 1.54) is 0 Å². The Kier molecular flexibility index (Phi) is 4.73.